The number of cyclic esters (lactones) is 1. The molecule has 5 rings (SSSR count). The lowest BCUT2D eigenvalue weighted by atomic mass is 10.0. The molecule has 0 bridgehead atoms. The summed E-state index contributed by atoms with van der Waals surface area (Å²) in [6, 6.07) is 15.0. The Kier molecular flexibility index (Phi) is 8.65. The molecular weight excluding hydrogens is 549 g/mol. The lowest BCUT2D eigenvalue weighted by Gasteiger charge is -2.27. The third-order valence-corrected chi connectivity index (χ3v) is 9.00. The largest absolute Gasteiger partial charge is 0.444 e. The van der Waals surface area contributed by atoms with Gasteiger partial charge in [-0.05, 0) is 61.2 Å². The van der Waals surface area contributed by atoms with Gasteiger partial charge in [0.1, 0.15) is 23.5 Å². The van der Waals surface area contributed by atoms with Crippen molar-refractivity contribution in [3.05, 3.63) is 72.2 Å². The number of pyridine rings is 1. The standard InChI is InChI=1S/C30H32FN3O6S/c1-21(35)2-8-25-20-34(30(36)40-25)24-7-10-27(28(31)18-24)23-5-3-22(4-6-23)12-17-41(37,38)26-9-11-29(32-19-26)33-13-15-39-16-14-33/h3-7,9-11,18-19,25H,2,8,12-17,20H2,1H3/t25-/m0/s1. The SMILES string of the molecule is CC(=O)CC[C@H]1CN(c2ccc(-c3ccc(CCS(=O)(=O)c4ccc(N5CCOCC5)nc4)cc3)c(F)c2)C(=O)O1. The highest BCUT2D eigenvalue weighted by Gasteiger charge is 2.32. The van der Waals surface area contributed by atoms with Gasteiger partial charge >= 0.3 is 6.09 Å². The normalized spacial score (nSPS) is 17.5. The van der Waals surface area contributed by atoms with Gasteiger partial charge in [0.05, 0.1) is 36.1 Å². The molecule has 1 aromatic heterocycles. The number of morpholine rings is 1. The molecule has 1 amide bonds. The predicted octanol–water partition coefficient (Wildman–Crippen LogP) is 4.44. The van der Waals surface area contributed by atoms with Crippen molar-refractivity contribution in [1.29, 1.82) is 0 Å². The number of halogens is 1. The summed E-state index contributed by atoms with van der Waals surface area (Å²) in [5.41, 5.74) is 2.19. The zero-order valence-corrected chi connectivity index (χ0v) is 23.6. The van der Waals surface area contributed by atoms with Gasteiger partial charge in [0.25, 0.3) is 0 Å². The minimum Gasteiger partial charge on any atom is -0.444 e. The van der Waals surface area contributed by atoms with Crippen molar-refractivity contribution in [2.45, 2.75) is 37.2 Å². The molecule has 2 fully saturated rings. The van der Waals surface area contributed by atoms with Crippen LogP contribution in [-0.2, 0) is 30.5 Å². The molecule has 3 aromatic rings. The molecule has 0 unspecified atom stereocenters. The highest BCUT2D eigenvalue weighted by Crippen LogP contribution is 2.30. The van der Waals surface area contributed by atoms with Crippen molar-refractivity contribution >= 4 is 33.2 Å². The van der Waals surface area contributed by atoms with E-state index in [1.165, 1.54) is 24.1 Å². The molecule has 1 atom stereocenters. The Balaban J connectivity index is 1.19. The van der Waals surface area contributed by atoms with Gasteiger partial charge in [0.2, 0.25) is 0 Å². The number of aryl methyl sites for hydroxylation is 1. The number of amides is 1. The van der Waals surface area contributed by atoms with Gasteiger partial charge in [-0.15, -0.1) is 0 Å². The van der Waals surface area contributed by atoms with Crippen LogP contribution in [0.25, 0.3) is 11.1 Å². The number of ketones is 1. The van der Waals surface area contributed by atoms with Crippen LogP contribution in [0.3, 0.4) is 0 Å². The topological polar surface area (TPSA) is 106 Å². The molecule has 2 aliphatic heterocycles. The molecule has 41 heavy (non-hydrogen) atoms. The summed E-state index contributed by atoms with van der Waals surface area (Å²) in [4.78, 5) is 31.5. The quantitative estimate of drug-likeness (QED) is 0.346. The van der Waals surface area contributed by atoms with E-state index in [1.54, 1.807) is 48.5 Å². The van der Waals surface area contributed by atoms with E-state index in [9.17, 15) is 18.0 Å². The first-order chi connectivity index (χ1) is 19.7. The molecule has 2 aromatic carbocycles. The number of anilines is 2. The Bertz CT molecular complexity index is 1510. The van der Waals surface area contributed by atoms with Crippen molar-refractivity contribution in [2.75, 3.05) is 48.4 Å². The molecule has 2 aliphatic rings. The first kappa shape index (κ1) is 28.7. The summed E-state index contributed by atoms with van der Waals surface area (Å²) in [7, 11) is -3.53. The average Bonchev–Trinajstić information content (AvgIpc) is 3.36. The van der Waals surface area contributed by atoms with Crippen LogP contribution in [-0.4, -0.2) is 70.0 Å². The van der Waals surface area contributed by atoms with Gasteiger partial charge in [-0.25, -0.2) is 22.6 Å². The second-order valence-corrected chi connectivity index (χ2v) is 12.3. The molecule has 9 nitrogen and oxygen atoms in total. The van der Waals surface area contributed by atoms with Crippen LogP contribution in [0.5, 0.6) is 0 Å². The van der Waals surface area contributed by atoms with E-state index in [0.717, 1.165) is 24.5 Å². The summed E-state index contributed by atoms with van der Waals surface area (Å²) >= 11 is 0. The summed E-state index contributed by atoms with van der Waals surface area (Å²) < 4.78 is 51.6. The second kappa shape index (κ2) is 12.4. The number of sulfone groups is 1. The first-order valence-corrected chi connectivity index (χ1v) is 15.2. The lowest BCUT2D eigenvalue weighted by Crippen LogP contribution is -2.36. The maximum atomic E-state index is 15.1. The highest BCUT2D eigenvalue weighted by molar-refractivity contribution is 7.91. The van der Waals surface area contributed by atoms with Gasteiger partial charge < -0.3 is 19.2 Å². The van der Waals surface area contributed by atoms with E-state index in [4.69, 9.17) is 9.47 Å². The van der Waals surface area contributed by atoms with Crippen molar-refractivity contribution in [3.63, 3.8) is 0 Å². The number of Topliss-reactive ketones (excluding diaryl/α,β-unsaturated/α-hetero) is 1. The average molecular weight is 582 g/mol. The Labute approximate surface area is 238 Å². The van der Waals surface area contributed by atoms with Gasteiger partial charge in [0.15, 0.2) is 9.84 Å². The minimum absolute atomic E-state index is 0.0224. The number of aromatic nitrogens is 1. The molecule has 0 radical (unpaired) electrons. The number of hydrogen-bond donors (Lipinski definition) is 0. The zero-order valence-electron chi connectivity index (χ0n) is 22.8. The fourth-order valence-electron chi connectivity index (χ4n) is 4.91. The summed E-state index contributed by atoms with van der Waals surface area (Å²) in [6.07, 6.45) is 1.50. The highest BCUT2D eigenvalue weighted by atomic mass is 32.2. The first-order valence-electron chi connectivity index (χ1n) is 13.6. The van der Waals surface area contributed by atoms with Crippen LogP contribution in [0.15, 0.2) is 65.7 Å². The predicted molar refractivity (Wildman–Crippen MR) is 152 cm³/mol. The van der Waals surface area contributed by atoms with Gasteiger partial charge in [-0.3, -0.25) is 4.90 Å². The number of rotatable bonds is 10. The third kappa shape index (κ3) is 6.91. The lowest BCUT2D eigenvalue weighted by molar-refractivity contribution is -0.117. The van der Waals surface area contributed by atoms with E-state index in [1.807, 2.05) is 0 Å². The number of benzene rings is 2. The Morgan fingerprint density at radius 1 is 1.07 bits per heavy atom. The van der Waals surface area contributed by atoms with Gasteiger partial charge in [-0.1, -0.05) is 24.3 Å². The van der Waals surface area contributed by atoms with E-state index >= 15 is 4.39 Å². The van der Waals surface area contributed by atoms with E-state index in [-0.39, 0.29) is 23.0 Å². The van der Waals surface area contributed by atoms with Crippen molar-refractivity contribution in [1.82, 2.24) is 4.98 Å². The maximum Gasteiger partial charge on any atom is 0.414 e. The summed E-state index contributed by atoms with van der Waals surface area (Å²) in [5.74, 6) is 0.185. The number of nitrogens with zero attached hydrogens (tertiary/aromatic N) is 3. The van der Waals surface area contributed by atoms with Crippen molar-refractivity contribution in [3.8, 4) is 11.1 Å². The van der Waals surface area contributed by atoms with E-state index in [2.05, 4.69) is 9.88 Å². The Morgan fingerprint density at radius 2 is 1.83 bits per heavy atom. The van der Waals surface area contributed by atoms with Crippen LogP contribution in [0.4, 0.5) is 20.7 Å². The van der Waals surface area contributed by atoms with Crippen molar-refractivity contribution in [2.24, 2.45) is 0 Å². The molecular formula is C30H32FN3O6S. The molecule has 3 heterocycles. The maximum absolute atomic E-state index is 15.1. The molecule has 216 valence electrons. The molecule has 11 heteroatoms. The fraction of sp³-hybridized carbons (Fsp3) is 0.367. The van der Waals surface area contributed by atoms with Gasteiger partial charge in [0, 0.05) is 31.3 Å². The van der Waals surface area contributed by atoms with Crippen LogP contribution in [0, 0.1) is 5.82 Å². The van der Waals surface area contributed by atoms with E-state index < -0.39 is 27.9 Å². The molecule has 2 saturated heterocycles. The monoisotopic (exact) mass is 581 g/mol. The molecule has 0 saturated carbocycles. The molecule has 0 N–H and O–H groups in total. The van der Waals surface area contributed by atoms with E-state index in [0.29, 0.717) is 49.3 Å². The number of ether oxygens (including phenoxy) is 2. The summed E-state index contributed by atoms with van der Waals surface area (Å²) in [5, 5.41) is 0. The minimum atomic E-state index is -3.53. The van der Waals surface area contributed by atoms with Crippen LogP contribution in [0.2, 0.25) is 0 Å². The third-order valence-electron chi connectivity index (χ3n) is 7.30. The molecule has 0 aliphatic carbocycles. The van der Waals surface area contributed by atoms with Crippen LogP contribution in [0.1, 0.15) is 25.3 Å². The van der Waals surface area contributed by atoms with Crippen LogP contribution < -0.4 is 9.80 Å². The Hall–Kier alpha value is -3.83. The Morgan fingerprint density at radius 3 is 2.49 bits per heavy atom. The second-order valence-electron chi connectivity index (χ2n) is 10.2. The number of carbonyl (C=O) groups is 2. The number of hydrogen-bond acceptors (Lipinski definition) is 8. The van der Waals surface area contributed by atoms with Crippen LogP contribution >= 0.6 is 0 Å². The summed E-state index contributed by atoms with van der Waals surface area (Å²) in [6.45, 7) is 4.44. The fourth-order valence-corrected chi connectivity index (χ4v) is 6.14. The smallest absolute Gasteiger partial charge is 0.414 e. The zero-order chi connectivity index (χ0) is 29.0. The molecule has 0 spiro atoms. The van der Waals surface area contributed by atoms with Gasteiger partial charge in [-0.2, -0.15) is 0 Å². The number of carbonyl (C=O) groups excluding carboxylic acids is 2. The van der Waals surface area contributed by atoms with Crippen molar-refractivity contribution < 1.29 is 31.9 Å².